The van der Waals surface area contributed by atoms with Crippen molar-refractivity contribution in [2.45, 2.75) is 39.2 Å². The molecule has 0 amide bonds. The molecule has 0 bridgehead atoms. The van der Waals surface area contributed by atoms with Crippen LogP contribution in [0.3, 0.4) is 0 Å². The van der Waals surface area contributed by atoms with Crippen LogP contribution in [0.25, 0.3) is 0 Å². The third-order valence-corrected chi connectivity index (χ3v) is 5.60. The van der Waals surface area contributed by atoms with Gasteiger partial charge in [-0.05, 0) is 33.1 Å². The molecule has 0 aliphatic rings. The van der Waals surface area contributed by atoms with Gasteiger partial charge in [-0.1, -0.05) is 0 Å². The maximum Gasteiger partial charge on any atom is 1.00 e. The van der Waals surface area contributed by atoms with Gasteiger partial charge >= 0.3 is 88.7 Å². The molecule has 0 fully saturated rings. The third-order valence-electron chi connectivity index (χ3n) is 3.24. The van der Waals surface area contributed by atoms with E-state index in [2.05, 4.69) is 0 Å². The molecule has 0 aromatic heterocycles. The number of rotatable bonds is 19. The van der Waals surface area contributed by atoms with Crippen LogP contribution in [0.5, 0.6) is 0 Å². The summed E-state index contributed by atoms with van der Waals surface area (Å²) >= 11 is 0. The van der Waals surface area contributed by atoms with Crippen molar-refractivity contribution in [2.24, 2.45) is 0 Å². The Bertz CT molecular complexity index is 763. The van der Waals surface area contributed by atoms with Gasteiger partial charge in [0.2, 0.25) is 0 Å². The SMILES string of the molecule is CC(COCCCS(=O)(=O)[O-])OCCOCCCS(=O)(=O)[O-].CCOCCCS(=O)(=O)[O-].[Na+].[Na+].[Na+]. The van der Waals surface area contributed by atoms with Crippen LogP contribution < -0.4 is 88.7 Å². The average molecular weight is 599 g/mol. The maximum absolute atomic E-state index is 10.3. The number of hydrogen-bond donors (Lipinski definition) is 0. The van der Waals surface area contributed by atoms with Crippen molar-refractivity contribution in [3.63, 3.8) is 0 Å². The van der Waals surface area contributed by atoms with E-state index in [9.17, 15) is 38.9 Å². The van der Waals surface area contributed by atoms with E-state index >= 15 is 0 Å². The molecule has 0 saturated carbocycles. The van der Waals surface area contributed by atoms with Gasteiger partial charge in [-0.25, -0.2) is 25.3 Å². The van der Waals surface area contributed by atoms with Crippen molar-refractivity contribution >= 4 is 30.4 Å². The maximum atomic E-state index is 10.3. The van der Waals surface area contributed by atoms with E-state index in [1.54, 1.807) is 6.92 Å². The summed E-state index contributed by atoms with van der Waals surface area (Å²) < 4.78 is 112. The second-order valence-electron chi connectivity index (χ2n) is 6.41. The predicted molar refractivity (Wildman–Crippen MR) is 111 cm³/mol. The Morgan fingerprint density at radius 2 is 0.971 bits per heavy atom. The molecule has 0 aliphatic carbocycles. The van der Waals surface area contributed by atoms with Crippen LogP contribution in [0.1, 0.15) is 33.1 Å². The van der Waals surface area contributed by atoms with Gasteiger partial charge in [0.25, 0.3) is 0 Å². The summed E-state index contributed by atoms with van der Waals surface area (Å²) in [5.41, 5.74) is 0. The summed E-state index contributed by atoms with van der Waals surface area (Å²) in [6, 6.07) is 0. The summed E-state index contributed by atoms with van der Waals surface area (Å²) in [5, 5.41) is 0. The van der Waals surface area contributed by atoms with Gasteiger partial charge in [-0.2, -0.15) is 0 Å². The monoisotopic (exact) mass is 598 g/mol. The van der Waals surface area contributed by atoms with Gasteiger partial charge in [0.05, 0.1) is 56.3 Å². The first kappa shape index (κ1) is 47.4. The van der Waals surface area contributed by atoms with E-state index in [1.807, 2.05) is 6.92 Å². The summed E-state index contributed by atoms with van der Waals surface area (Å²) in [7, 11) is -12.4. The van der Waals surface area contributed by atoms with Crippen molar-refractivity contribution in [2.75, 3.05) is 63.5 Å². The summed E-state index contributed by atoms with van der Waals surface area (Å²) in [6.07, 6.45) is 0.353. The molecule has 1 atom stereocenters. The normalized spacial score (nSPS) is 12.3. The molecule has 0 rings (SSSR count). The first-order valence-corrected chi connectivity index (χ1v) is 14.5. The zero-order valence-corrected chi connectivity index (χ0v) is 29.8. The van der Waals surface area contributed by atoms with E-state index in [1.165, 1.54) is 0 Å². The van der Waals surface area contributed by atoms with Crippen LogP contribution >= 0.6 is 0 Å². The van der Waals surface area contributed by atoms with Crippen LogP contribution in [0, 0.1) is 0 Å². The Kier molecular flexibility index (Phi) is 38.0. The van der Waals surface area contributed by atoms with Gasteiger partial charge in [0.1, 0.15) is 0 Å². The zero-order valence-electron chi connectivity index (χ0n) is 21.3. The van der Waals surface area contributed by atoms with E-state index in [0.717, 1.165) is 0 Å². The van der Waals surface area contributed by atoms with E-state index in [-0.39, 0.29) is 146 Å². The molecule has 0 aromatic carbocycles. The molecule has 0 saturated heterocycles. The van der Waals surface area contributed by atoms with Gasteiger partial charge < -0.3 is 32.6 Å². The second kappa shape index (κ2) is 28.1. The van der Waals surface area contributed by atoms with Crippen molar-refractivity contribution in [1.82, 2.24) is 0 Å². The topological polar surface area (TPSA) is 209 Å². The summed E-state index contributed by atoms with van der Waals surface area (Å²) in [4.78, 5) is 0. The molecule has 19 heteroatoms. The molecule has 0 spiro atoms. The fourth-order valence-corrected chi connectivity index (χ4v) is 3.28. The van der Waals surface area contributed by atoms with Crippen LogP contribution in [-0.4, -0.2) is 109 Å². The van der Waals surface area contributed by atoms with Gasteiger partial charge in [0.15, 0.2) is 0 Å². The first-order valence-electron chi connectivity index (χ1n) is 9.82. The summed E-state index contributed by atoms with van der Waals surface area (Å²) in [6.45, 7) is 5.60. The molecule has 13 nitrogen and oxygen atoms in total. The van der Waals surface area contributed by atoms with Crippen molar-refractivity contribution in [3.05, 3.63) is 0 Å². The van der Waals surface area contributed by atoms with Gasteiger partial charge in [-0.15, -0.1) is 0 Å². The molecule has 0 heterocycles. The van der Waals surface area contributed by atoms with E-state index in [4.69, 9.17) is 18.9 Å². The summed E-state index contributed by atoms with van der Waals surface area (Å²) in [5.74, 6) is -1.22. The third kappa shape index (κ3) is 50.0. The van der Waals surface area contributed by atoms with Gasteiger partial charge in [0, 0.05) is 43.7 Å². The molecule has 0 aliphatic heterocycles. The zero-order chi connectivity index (χ0) is 25.1. The minimum Gasteiger partial charge on any atom is -0.748 e. The van der Waals surface area contributed by atoms with Crippen LogP contribution in [0.15, 0.2) is 0 Å². The predicted octanol–water partition coefficient (Wildman–Crippen LogP) is -9.73. The van der Waals surface area contributed by atoms with Crippen LogP contribution in [0.4, 0.5) is 0 Å². The standard InChI is InChI=1S/C11H24O9S2.C5H12O4S.3Na/c1-11(10-19-5-3-9-22(15,16)17)20-7-6-18-4-2-8-21(12,13)14;1-2-9-4-3-5-10(6,7)8;;;/h11H,2-10H2,1H3,(H,12,13,14)(H,15,16,17);2-5H2,1H3,(H,6,7,8);;;/q;;3*+1/p-3. The Hall–Kier alpha value is 2.57. The molecular weight excluding hydrogens is 565 g/mol. The van der Waals surface area contributed by atoms with E-state index < -0.39 is 41.9 Å². The Morgan fingerprint density at radius 3 is 1.34 bits per heavy atom. The minimum absolute atomic E-state index is 0. The molecule has 0 radical (unpaired) electrons. The fourth-order valence-electron chi connectivity index (χ4n) is 1.87. The molecule has 1 unspecified atom stereocenters. The Morgan fingerprint density at radius 1 is 0.600 bits per heavy atom. The largest absolute Gasteiger partial charge is 1.00 e. The molecule has 0 N–H and O–H groups in total. The molecule has 0 aromatic rings. The van der Waals surface area contributed by atoms with Crippen molar-refractivity contribution in [1.29, 1.82) is 0 Å². The second-order valence-corrected chi connectivity index (χ2v) is 11.0. The fraction of sp³-hybridized carbons (Fsp3) is 1.00. The van der Waals surface area contributed by atoms with Crippen LogP contribution in [0.2, 0.25) is 0 Å². The van der Waals surface area contributed by atoms with E-state index in [0.29, 0.717) is 19.6 Å². The Balaban J connectivity index is -0.000000198. The molecule has 196 valence electrons. The molecular formula is C16H33Na3O13S3. The minimum atomic E-state index is -4.19. The molecule has 35 heavy (non-hydrogen) atoms. The first-order chi connectivity index (χ1) is 14.7. The van der Waals surface area contributed by atoms with Crippen LogP contribution in [-0.2, 0) is 49.3 Å². The average Bonchev–Trinajstić information content (AvgIpc) is 2.62. The van der Waals surface area contributed by atoms with Crippen molar-refractivity contribution < 1.29 is 147 Å². The van der Waals surface area contributed by atoms with Crippen molar-refractivity contribution in [3.8, 4) is 0 Å². The van der Waals surface area contributed by atoms with Gasteiger partial charge in [-0.3, -0.25) is 0 Å². The Labute approximate surface area is 276 Å². The quantitative estimate of drug-likeness (QED) is 0.0769. The smallest absolute Gasteiger partial charge is 0.748 e. The number of ether oxygens (including phenoxy) is 4. The number of hydrogen-bond acceptors (Lipinski definition) is 13.